The van der Waals surface area contributed by atoms with Gasteiger partial charge in [0.15, 0.2) is 5.11 Å². The number of hydrogen-bond donors (Lipinski definition) is 3. The van der Waals surface area contributed by atoms with E-state index in [0.717, 1.165) is 16.9 Å². The van der Waals surface area contributed by atoms with Crippen LogP contribution < -0.4 is 10.6 Å². The molecule has 0 atom stereocenters. The van der Waals surface area contributed by atoms with E-state index in [1.165, 1.54) is 0 Å². The van der Waals surface area contributed by atoms with Crippen LogP contribution in [-0.4, -0.2) is 21.0 Å². The Morgan fingerprint density at radius 2 is 1.91 bits per heavy atom. The predicted molar refractivity (Wildman–Crippen MR) is 94.4 cm³/mol. The number of fused-ring (bicyclic) bond motifs is 1. The minimum Gasteiger partial charge on any atom is -0.355 e. The van der Waals surface area contributed by atoms with Gasteiger partial charge in [-0.05, 0) is 36.5 Å². The molecular formula is C16H13ClN4OS. The Kier molecular flexibility index (Phi) is 4.55. The molecule has 0 bridgehead atoms. The second-order valence-corrected chi connectivity index (χ2v) is 5.63. The summed E-state index contributed by atoms with van der Waals surface area (Å²) in [7, 11) is 0. The molecule has 0 radical (unpaired) electrons. The van der Waals surface area contributed by atoms with Crippen molar-refractivity contribution in [3.63, 3.8) is 0 Å². The molecule has 7 heteroatoms. The van der Waals surface area contributed by atoms with E-state index < -0.39 is 0 Å². The molecule has 1 aromatic heterocycles. The maximum absolute atomic E-state index is 12.1. The summed E-state index contributed by atoms with van der Waals surface area (Å²) in [6, 6.07) is 14.5. The molecule has 0 saturated carbocycles. The topological polar surface area (TPSA) is 69.8 Å². The third-order valence-electron chi connectivity index (χ3n) is 3.20. The molecule has 0 saturated heterocycles. The molecule has 1 heterocycles. The van der Waals surface area contributed by atoms with Crippen LogP contribution in [-0.2, 0) is 6.54 Å². The van der Waals surface area contributed by atoms with Gasteiger partial charge in [-0.3, -0.25) is 10.1 Å². The van der Waals surface area contributed by atoms with Crippen LogP contribution in [0.4, 0.5) is 0 Å². The van der Waals surface area contributed by atoms with E-state index in [4.69, 9.17) is 23.8 Å². The van der Waals surface area contributed by atoms with Gasteiger partial charge in [-0.15, -0.1) is 0 Å². The van der Waals surface area contributed by atoms with Crippen LogP contribution in [0.25, 0.3) is 11.0 Å². The number of aromatic amines is 1. The number of para-hydroxylation sites is 2. The zero-order chi connectivity index (χ0) is 16.2. The van der Waals surface area contributed by atoms with Crippen molar-refractivity contribution in [1.29, 1.82) is 0 Å². The number of halogens is 1. The van der Waals surface area contributed by atoms with E-state index in [9.17, 15) is 4.79 Å². The standard InChI is InChI=1S/C16H13ClN4OS/c17-11-6-2-1-5-10(11)15(22)21-16(23)18-9-14-19-12-7-3-4-8-13(12)20-14/h1-8H,9H2,(H,19,20)(H2,18,21,22,23). The van der Waals surface area contributed by atoms with Crippen LogP contribution in [0.3, 0.4) is 0 Å². The summed E-state index contributed by atoms with van der Waals surface area (Å²) in [5, 5.41) is 6.14. The Balaban J connectivity index is 1.59. The highest BCUT2D eigenvalue weighted by Gasteiger charge is 2.11. The molecule has 116 valence electrons. The second kappa shape index (κ2) is 6.76. The fourth-order valence-electron chi connectivity index (χ4n) is 2.11. The monoisotopic (exact) mass is 344 g/mol. The normalized spacial score (nSPS) is 10.5. The maximum atomic E-state index is 12.1. The lowest BCUT2D eigenvalue weighted by Crippen LogP contribution is -2.39. The number of hydrogen-bond acceptors (Lipinski definition) is 3. The highest BCUT2D eigenvalue weighted by molar-refractivity contribution is 7.80. The largest absolute Gasteiger partial charge is 0.355 e. The molecular weight excluding hydrogens is 332 g/mol. The van der Waals surface area contributed by atoms with Crippen molar-refractivity contribution in [3.8, 4) is 0 Å². The van der Waals surface area contributed by atoms with Crippen LogP contribution in [0.15, 0.2) is 48.5 Å². The Morgan fingerprint density at radius 3 is 2.70 bits per heavy atom. The summed E-state index contributed by atoms with van der Waals surface area (Å²) in [4.78, 5) is 19.7. The molecule has 0 aliphatic carbocycles. The zero-order valence-electron chi connectivity index (χ0n) is 12.0. The quantitative estimate of drug-likeness (QED) is 0.639. The van der Waals surface area contributed by atoms with Gasteiger partial charge >= 0.3 is 0 Å². The fraction of sp³-hybridized carbons (Fsp3) is 0.0625. The Bertz CT molecular complexity index is 844. The van der Waals surface area contributed by atoms with E-state index in [1.54, 1.807) is 24.3 Å². The van der Waals surface area contributed by atoms with Crippen LogP contribution in [0, 0.1) is 0 Å². The molecule has 3 rings (SSSR count). The van der Waals surface area contributed by atoms with Gasteiger partial charge in [-0.25, -0.2) is 4.98 Å². The second-order valence-electron chi connectivity index (χ2n) is 4.82. The first kappa shape index (κ1) is 15.5. The Hall–Kier alpha value is -2.44. The summed E-state index contributed by atoms with van der Waals surface area (Å²) in [5.74, 6) is 0.387. The van der Waals surface area contributed by atoms with Gasteiger partial charge in [0, 0.05) is 0 Å². The van der Waals surface area contributed by atoms with Crippen molar-refractivity contribution in [2.24, 2.45) is 0 Å². The van der Waals surface area contributed by atoms with Crippen LogP contribution >= 0.6 is 23.8 Å². The van der Waals surface area contributed by atoms with Crippen molar-refractivity contribution < 1.29 is 4.79 Å². The highest BCUT2D eigenvalue weighted by atomic mass is 35.5. The lowest BCUT2D eigenvalue weighted by atomic mass is 10.2. The van der Waals surface area contributed by atoms with Gasteiger partial charge < -0.3 is 10.3 Å². The summed E-state index contributed by atoms with van der Waals surface area (Å²) in [6.07, 6.45) is 0. The van der Waals surface area contributed by atoms with Crippen molar-refractivity contribution >= 4 is 45.9 Å². The predicted octanol–water partition coefficient (Wildman–Crippen LogP) is 3.02. The van der Waals surface area contributed by atoms with Crippen molar-refractivity contribution in [2.45, 2.75) is 6.54 Å². The third-order valence-corrected chi connectivity index (χ3v) is 3.78. The first-order valence-corrected chi connectivity index (χ1v) is 7.69. The molecule has 3 aromatic rings. The molecule has 2 aromatic carbocycles. The SMILES string of the molecule is O=C(NC(=S)NCc1nc2ccccc2[nH]1)c1ccccc1Cl. The number of aromatic nitrogens is 2. The number of carbonyl (C=O) groups excluding carboxylic acids is 1. The molecule has 0 aliphatic rings. The van der Waals surface area contributed by atoms with Gasteiger partial charge in [0.05, 0.1) is 28.2 Å². The number of thiocarbonyl (C=S) groups is 1. The number of benzene rings is 2. The van der Waals surface area contributed by atoms with Gasteiger partial charge in [-0.2, -0.15) is 0 Å². The number of H-pyrrole nitrogens is 1. The molecule has 0 spiro atoms. The summed E-state index contributed by atoms with van der Waals surface area (Å²) in [5.41, 5.74) is 2.22. The molecule has 0 aliphatic heterocycles. The smallest absolute Gasteiger partial charge is 0.258 e. The first-order chi connectivity index (χ1) is 11.1. The van der Waals surface area contributed by atoms with Crippen molar-refractivity contribution in [3.05, 3.63) is 64.9 Å². The van der Waals surface area contributed by atoms with Gasteiger partial charge in [0.1, 0.15) is 5.82 Å². The average molecular weight is 345 g/mol. The molecule has 23 heavy (non-hydrogen) atoms. The summed E-state index contributed by atoms with van der Waals surface area (Å²) in [6.45, 7) is 0.385. The number of nitrogens with one attached hydrogen (secondary N) is 3. The summed E-state index contributed by atoms with van der Waals surface area (Å²) < 4.78 is 0. The van der Waals surface area contributed by atoms with Crippen LogP contribution in [0.1, 0.15) is 16.2 Å². The van der Waals surface area contributed by atoms with Crippen molar-refractivity contribution in [2.75, 3.05) is 0 Å². The Morgan fingerprint density at radius 1 is 1.17 bits per heavy atom. The molecule has 5 nitrogen and oxygen atoms in total. The molecule has 0 unspecified atom stereocenters. The van der Waals surface area contributed by atoms with Crippen LogP contribution in [0.5, 0.6) is 0 Å². The zero-order valence-corrected chi connectivity index (χ0v) is 13.5. The average Bonchev–Trinajstić information content (AvgIpc) is 2.96. The Labute approximate surface area is 143 Å². The van der Waals surface area contributed by atoms with Gasteiger partial charge in [0.25, 0.3) is 5.91 Å². The molecule has 1 amide bonds. The third kappa shape index (κ3) is 3.67. The van der Waals surface area contributed by atoms with Crippen LogP contribution in [0.2, 0.25) is 5.02 Å². The number of imidazole rings is 1. The van der Waals surface area contributed by atoms with E-state index in [0.29, 0.717) is 17.1 Å². The lowest BCUT2D eigenvalue weighted by molar-refractivity contribution is 0.0977. The number of rotatable bonds is 3. The number of nitrogens with zero attached hydrogens (tertiary/aromatic N) is 1. The first-order valence-electron chi connectivity index (χ1n) is 6.91. The summed E-state index contributed by atoms with van der Waals surface area (Å²) >= 11 is 11.1. The van der Waals surface area contributed by atoms with Crippen molar-refractivity contribution in [1.82, 2.24) is 20.6 Å². The van der Waals surface area contributed by atoms with Gasteiger partial charge in [-0.1, -0.05) is 35.9 Å². The highest BCUT2D eigenvalue weighted by Crippen LogP contribution is 2.14. The fourth-order valence-corrected chi connectivity index (χ4v) is 2.50. The number of carbonyl (C=O) groups is 1. The van der Waals surface area contributed by atoms with Gasteiger partial charge in [0.2, 0.25) is 0 Å². The minimum atomic E-state index is -0.349. The molecule has 0 fully saturated rings. The number of amides is 1. The van der Waals surface area contributed by atoms with E-state index in [-0.39, 0.29) is 11.0 Å². The van der Waals surface area contributed by atoms with E-state index >= 15 is 0 Å². The molecule has 3 N–H and O–H groups in total. The maximum Gasteiger partial charge on any atom is 0.258 e. The van der Waals surface area contributed by atoms with E-state index in [1.807, 2.05) is 24.3 Å². The minimum absolute atomic E-state index is 0.218. The van der Waals surface area contributed by atoms with E-state index in [2.05, 4.69) is 20.6 Å². The lowest BCUT2D eigenvalue weighted by Gasteiger charge is -2.09.